The molecule has 2 heteroatoms. The maximum absolute atomic E-state index is 4.59. The summed E-state index contributed by atoms with van der Waals surface area (Å²) in [5, 5.41) is 3.00. The molecular formula is C7H15NS. The van der Waals surface area contributed by atoms with E-state index < -0.39 is 0 Å². The molecule has 1 nitrogen and oxygen atoms in total. The molecule has 0 aliphatic rings. The fourth-order valence-corrected chi connectivity index (χ4v) is 0.831. The fourth-order valence-electron chi connectivity index (χ4n) is 0.713. The van der Waals surface area contributed by atoms with Gasteiger partial charge >= 0.3 is 0 Å². The standard InChI is InChI=1S/C7H15NS/c1-2-3-4-5-6-8-7-9/h7H,2-6H2,1H3,(H,8,9). The Morgan fingerprint density at radius 2 is 2.11 bits per heavy atom. The molecule has 0 bridgehead atoms. The highest BCUT2D eigenvalue weighted by Crippen LogP contribution is 1.96. The van der Waals surface area contributed by atoms with Crippen LogP contribution in [0.4, 0.5) is 0 Å². The number of unbranched alkanes of at least 4 members (excludes halogenated alkanes) is 3. The summed E-state index contributed by atoms with van der Waals surface area (Å²) in [6.45, 7) is 3.26. The molecule has 0 aromatic heterocycles. The summed E-state index contributed by atoms with van der Waals surface area (Å²) >= 11 is 4.59. The average Bonchev–Trinajstić information content (AvgIpc) is 1.89. The highest BCUT2D eigenvalue weighted by atomic mass is 32.1. The van der Waals surface area contributed by atoms with Crippen molar-refractivity contribution in [3.8, 4) is 0 Å². The molecule has 0 radical (unpaired) electrons. The maximum atomic E-state index is 4.59. The van der Waals surface area contributed by atoms with Crippen molar-refractivity contribution in [1.82, 2.24) is 5.32 Å². The van der Waals surface area contributed by atoms with Crippen molar-refractivity contribution in [2.75, 3.05) is 6.54 Å². The molecule has 0 aromatic rings. The summed E-state index contributed by atoms with van der Waals surface area (Å²) in [5.74, 6) is 0. The minimum atomic E-state index is 1.05. The first kappa shape index (κ1) is 8.89. The molecule has 1 N–H and O–H groups in total. The van der Waals surface area contributed by atoms with Crippen molar-refractivity contribution < 1.29 is 0 Å². The van der Waals surface area contributed by atoms with Crippen LogP contribution in [0.25, 0.3) is 0 Å². The van der Waals surface area contributed by atoms with Gasteiger partial charge in [-0.3, -0.25) is 0 Å². The number of rotatable bonds is 6. The van der Waals surface area contributed by atoms with Crippen molar-refractivity contribution >= 4 is 17.7 Å². The summed E-state index contributed by atoms with van der Waals surface area (Å²) in [5.41, 5.74) is 1.59. The van der Waals surface area contributed by atoms with E-state index in [0.29, 0.717) is 0 Å². The van der Waals surface area contributed by atoms with E-state index in [1.54, 1.807) is 5.49 Å². The maximum Gasteiger partial charge on any atom is 0.0614 e. The Kier molecular flexibility index (Phi) is 7.79. The molecular weight excluding hydrogens is 130 g/mol. The van der Waals surface area contributed by atoms with E-state index >= 15 is 0 Å². The second-order valence-electron chi connectivity index (χ2n) is 2.13. The molecule has 54 valence electrons. The van der Waals surface area contributed by atoms with Crippen molar-refractivity contribution in [2.45, 2.75) is 32.6 Å². The second-order valence-corrected chi connectivity index (χ2v) is 2.37. The Labute approximate surface area is 62.8 Å². The molecule has 0 atom stereocenters. The van der Waals surface area contributed by atoms with E-state index in [1.807, 2.05) is 0 Å². The zero-order valence-electron chi connectivity index (χ0n) is 6.02. The van der Waals surface area contributed by atoms with Gasteiger partial charge in [0, 0.05) is 6.54 Å². The van der Waals surface area contributed by atoms with Crippen LogP contribution >= 0.6 is 12.2 Å². The van der Waals surface area contributed by atoms with Crippen LogP contribution in [0.2, 0.25) is 0 Å². The monoisotopic (exact) mass is 145 g/mol. The first-order valence-electron chi connectivity index (χ1n) is 3.59. The first-order valence-corrected chi connectivity index (χ1v) is 4.06. The van der Waals surface area contributed by atoms with Crippen molar-refractivity contribution in [1.29, 1.82) is 0 Å². The highest BCUT2D eigenvalue weighted by Gasteiger charge is 1.83. The molecule has 9 heavy (non-hydrogen) atoms. The fraction of sp³-hybridized carbons (Fsp3) is 0.857. The zero-order chi connectivity index (χ0) is 6.95. The minimum Gasteiger partial charge on any atom is -0.382 e. The molecule has 0 spiro atoms. The predicted octanol–water partition coefficient (Wildman–Crippen LogP) is 2.11. The van der Waals surface area contributed by atoms with Crippen LogP contribution in [0.5, 0.6) is 0 Å². The van der Waals surface area contributed by atoms with Crippen LogP contribution in [0.3, 0.4) is 0 Å². The van der Waals surface area contributed by atoms with Crippen molar-refractivity contribution in [3.05, 3.63) is 0 Å². The van der Waals surface area contributed by atoms with Gasteiger partial charge in [0.05, 0.1) is 5.49 Å². The predicted molar refractivity (Wildman–Crippen MR) is 45.8 cm³/mol. The average molecular weight is 145 g/mol. The number of nitrogens with one attached hydrogen (secondary N) is 1. The lowest BCUT2D eigenvalue weighted by Crippen LogP contribution is -2.10. The third-order valence-corrected chi connectivity index (χ3v) is 1.42. The van der Waals surface area contributed by atoms with Gasteiger partial charge in [0.2, 0.25) is 0 Å². The van der Waals surface area contributed by atoms with Gasteiger partial charge in [0.15, 0.2) is 0 Å². The zero-order valence-corrected chi connectivity index (χ0v) is 6.84. The summed E-state index contributed by atoms with van der Waals surface area (Å²) < 4.78 is 0. The van der Waals surface area contributed by atoms with Crippen LogP contribution < -0.4 is 5.32 Å². The van der Waals surface area contributed by atoms with Gasteiger partial charge in [0.25, 0.3) is 0 Å². The van der Waals surface area contributed by atoms with Gasteiger partial charge in [-0.15, -0.1) is 0 Å². The van der Waals surface area contributed by atoms with E-state index in [4.69, 9.17) is 0 Å². The first-order chi connectivity index (χ1) is 4.41. The lowest BCUT2D eigenvalue weighted by atomic mass is 10.2. The third-order valence-electron chi connectivity index (χ3n) is 1.26. The Balaban J connectivity index is 2.66. The molecule has 0 rings (SSSR count). The molecule has 0 aliphatic heterocycles. The summed E-state index contributed by atoms with van der Waals surface area (Å²) in [6.07, 6.45) is 5.23. The van der Waals surface area contributed by atoms with E-state index in [9.17, 15) is 0 Å². The van der Waals surface area contributed by atoms with Gasteiger partial charge in [-0.25, -0.2) is 0 Å². The number of hydrogen-bond donors (Lipinski definition) is 1. The molecule has 0 amide bonds. The van der Waals surface area contributed by atoms with E-state index in [-0.39, 0.29) is 0 Å². The number of thiocarbonyl (C=S) groups is 1. The SMILES string of the molecule is CCCCCCNC=S. The van der Waals surface area contributed by atoms with Gasteiger partial charge in [-0.1, -0.05) is 38.4 Å². The van der Waals surface area contributed by atoms with E-state index in [2.05, 4.69) is 24.5 Å². The third kappa shape index (κ3) is 7.89. The van der Waals surface area contributed by atoms with Crippen molar-refractivity contribution in [3.63, 3.8) is 0 Å². The molecule has 0 aliphatic carbocycles. The minimum absolute atomic E-state index is 1.05. The summed E-state index contributed by atoms with van der Waals surface area (Å²) in [6, 6.07) is 0. The molecule has 0 heterocycles. The van der Waals surface area contributed by atoms with Crippen molar-refractivity contribution in [2.24, 2.45) is 0 Å². The van der Waals surface area contributed by atoms with Gasteiger partial charge in [-0.2, -0.15) is 0 Å². The molecule has 0 saturated heterocycles. The molecule has 0 unspecified atom stereocenters. The van der Waals surface area contributed by atoms with Crippen LogP contribution in [0.1, 0.15) is 32.6 Å². The van der Waals surface area contributed by atoms with Gasteiger partial charge < -0.3 is 5.32 Å². The van der Waals surface area contributed by atoms with Gasteiger partial charge in [-0.05, 0) is 6.42 Å². The van der Waals surface area contributed by atoms with E-state index in [1.165, 1.54) is 25.7 Å². The summed E-state index contributed by atoms with van der Waals surface area (Å²) in [7, 11) is 0. The Bertz CT molecular complexity index is 63.9. The second kappa shape index (κ2) is 7.89. The smallest absolute Gasteiger partial charge is 0.0614 e. The van der Waals surface area contributed by atoms with E-state index in [0.717, 1.165) is 6.54 Å². The lowest BCUT2D eigenvalue weighted by molar-refractivity contribution is 0.658. The van der Waals surface area contributed by atoms with Crippen LogP contribution in [0.15, 0.2) is 0 Å². The van der Waals surface area contributed by atoms with Crippen LogP contribution in [-0.4, -0.2) is 12.0 Å². The molecule has 0 aromatic carbocycles. The topological polar surface area (TPSA) is 12.0 Å². The largest absolute Gasteiger partial charge is 0.382 e. The quantitative estimate of drug-likeness (QED) is 0.454. The highest BCUT2D eigenvalue weighted by molar-refractivity contribution is 7.78. The Hall–Kier alpha value is -0.110. The van der Waals surface area contributed by atoms with Gasteiger partial charge in [0.1, 0.15) is 0 Å². The lowest BCUT2D eigenvalue weighted by Gasteiger charge is -1.97. The Morgan fingerprint density at radius 1 is 1.33 bits per heavy atom. The summed E-state index contributed by atoms with van der Waals surface area (Å²) in [4.78, 5) is 0. The number of hydrogen-bond acceptors (Lipinski definition) is 1. The van der Waals surface area contributed by atoms with Crippen LogP contribution in [0, 0.1) is 0 Å². The Morgan fingerprint density at radius 3 is 2.67 bits per heavy atom. The normalized spacial score (nSPS) is 9.00. The van der Waals surface area contributed by atoms with Crippen LogP contribution in [-0.2, 0) is 0 Å². The molecule has 0 fully saturated rings. The molecule has 0 saturated carbocycles.